The molecule has 144 valence electrons. The van der Waals surface area contributed by atoms with Crippen LogP contribution in [0.3, 0.4) is 0 Å². The SMILES string of the molecule is CCCCc1nc2cc(NC3=C(C(=O)OC)CN(CCO)C3=O)ccc2o1. The second-order valence-corrected chi connectivity index (χ2v) is 6.31. The van der Waals surface area contributed by atoms with Gasteiger partial charge in [-0.25, -0.2) is 9.78 Å². The molecule has 3 rings (SSSR count). The van der Waals surface area contributed by atoms with Gasteiger partial charge in [-0.1, -0.05) is 13.3 Å². The molecule has 27 heavy (non-hydrogen) atoms. The number of carbonyl (C=O) groups is 2. The van der Waals surface area contributed by atoms with Gasteiger partial charge in [0.1, 0.15) is 11.2 Å². The molecule has 0 saturated heterocycles. The van der Waals surface area contributed by atoms with E-state index >= 15 is 0 Å². The van der Waals surface area contributed by atoms with Gasteiger partial charge in [0.2, 0.25) is 0 Å². The molecule has 0 spiro atoms. The molecule has 0 fully saturated rings. The van der Waals surface area contributed by atoms with Crippen molar-refractivity contribution in [2.45, 2.75) is 26.2 Å². The van der Waals surface area contributed by atoms with E-state index in [9.17, 15) is 9.59 Å². The molecule has 1 aromatic carbocycles. The quantitative estimate of drug-likeness (QED) is 0.680. The van der Waals surface area contributed by atoms with Gasteiger partial charge in [0.05, 0.1) is 25.8 Å². The van der Waals surface area contributed by atoms with Crippen molar-refractivity contribution in [3.8, 4) is 0 Å². The number of aryl methyl sites for hydroxylation is 1. The minimum atomic E-state index is -0.573. The fraction of sp³-hybridized carbons (Fsp3) is 0.421. The molecule has 1 amide bonds. The first-order valence-electron chi connectivity index (χ1n) is 8.95. The molecule has 0 radical (unpaired) electrons. The smallest absolute Gasteiger partial charge is 0.337 e. The number of fused-ring (bicyclic) bond motifs is 1. The Morgan fingerprint density at radius 2 is 2.26 bits per heavy atom. The van der Waals surface area contributed by atoms with Crippen molar-refractivity contribution < 1.29 is 23.8 Å². The molecule has 0 atom stereocenters. The van der Waals surface area contributed by atoms with E-state index in [4.69, 9.17) is 14.3 Å². The van der Waals surface area contributed by atoms with E-state index in [0.29, 0.717) is 22.7 Å². The van der Waals surface area contributed by atoms with Crippen molar-refractivity contribution in [3.05, 3.63) is 35.4 Å². The van der Waals surface area contributed by atoms with Gasteiger partial charge in [0.15, 0.2) is 11.5 Å². The number of esters is 1. The van der Waals surface area contributed by atoms with Crippen molar-refractivity contribution in [1.29, 1.82) is 0 Å². The lowest BCUT2D eigenvalue weighted by Crippen LogP contribution is -2.31. The van der Waals surface area contributed by atoms with Crippen LogP contribution in [-0.2, 0) is 20.7 Å². The van der Waals surface area contributed by atoms with Crippen LogP contribution >= 0.6 is 0 Å². The molecule has 0 bridgehead atoms. The second-order valence-electron chi connectivity index (χ2n) is 6.31. The summed E-state index contributed by atoms with van der Waals surface area (Å²) in [5.74, 6) is -0.242. The summed E-state index contributed by atoms with van der Waals surface area (Å²) in [5.41, 5.74) is 2.37. The summed E-state index contributed by atoms with van der Waals surface area (Å²) in [6, 6.07) is 5.32. The number of carbonyl (C=O) groups excluding carboxylic acids is 2. The Bertz CT molecular complexity index is 887. The van der Waals surface area contributed by atoms with Crippen molar-refractivity contribution in [3.63, 3.8) is 0 Å². The predicted molar refractivity (Wildman–Crippen MR) is 99.0 cm³/mol. The maximum Gasteiger partial charge on any atom is 0.337 e. The van der Waals surface area contributed by atoms with Crippen molar-refractivity contribution in [2.24, 2.45) is 0 Å². The van der Waals surface area contributed by atoms with E-state index in [1.165, 1.54) is 12.0 Å². The average Bonchev–Trinajstić information content (AvgIpc) is 3.21. The number of hydrogen-bond donors (Lipinski definition) is 2. The van der Waals surface area contributed by atoms with Gasteiger partial charge < -0.3 is 24.5 Å². The first-order chi connectivity index (χ1) is 13.1. The summed E-state index contributed by atoms with van der Waals surface area (Å²) < 4.78 is 10.5. The van der Waals surface area contributed by atoms with Crippen LogP contribution in [0.1, 0.15) is 25.7 Å². The van der Waals surface area contributed by atoms with Crippen LogP contribution in [0, 0.1) is 0 Å². The molecule has 0 saturated carbocycles. The van der Waals surface area contributed by atoms with Crippen LogP contribution in [-0.4, -0.2) is 53.7 Å². The molecular formula is C19H23N3O5. The molecule has 2 aromatic rings. The topological polar surface area (TPSA) is 105 Å². The monoisotopic (exact) mass is 373 g/mol. The number of nitrogens with zero attached hydrogens (tertiary/aromatic N) is 2. The molecule has 0 unspecified atom stereocenters. The van der Waals surface area contributed by atoms with Gasteiger partial charge in [-0.3, -0.25) is 4.79 Å². The third kappa shape index (κ3) is 3.95. The fourth-order valence-electron chi connectivity index (χ4n) is 2.98. The number of amides is 1. The zero-order valence-corrected chi connectivity index (χ0v) is 15.4. The van der Waals surface area contributed by atoms with Gasteiger partial charge in [-0.05, 0) is 24.6 Å². The molecule has 2 N–H and O–H groups in total. The number of aromatic nitrogens is 1. The van der Waals surface area contributed by atoms with Gasteiger partial charge in [-0.2, -0.15) is 0 Å². The molecule has 8 nitrogen and oxygen atoms in total. The number of nitrogens with one attached hydrogen (secondary N) is 1. The minimum absolute atomic E-state index is 0.0990. The molecule has 2 heterocycles. The predicted octanol–water partition coefficient (Wildman–Crippen LogP) is 1.84. The minimum Gasteiger partial charge on any atom is -0.466 e. The van der Waals surface area contributed by atoms with Crippen LogP contribution in [0.4, 0.5) is 5.69 Å². The summed E-state index contributed by atoms with van der Waals surface area (Å²) in [5, 5.41) is 12.1. The first-order valence-corrected chi connectivity index (χ1v) is 8.95. The number of methoxy groups -OCH3 is 1. The zero-order valence-electron chi connectivity index (χ0n) is 15.4. The van der Waals surface area contributed by atoms with Crippen LogP contribution < -0.4 is 5.32 Å². The standard InChI is InChI=1S/C19H23N3O5/c1-3-4-5-16-21-14-10-12(6-7-15(14)27-16)20-17-13(19(25)26-2)11-22(8-9-23)18(17)24/h6-7,10,20,23H,3-5,8-9,11H2,1-2H3. The Balaban J connectivity index is 1.86. The number of aliphatic hydroxyl groups excluding tert-OH is 1. The number of benzene rings is 1. The maximum atomic E-state index is 12.6. The van der Waals surface area contributed by atoms with Crippen molar-refractivity contribution >= 4 is 28.7 Å². The molecule has 1 aromatic heterocycles. The summed E-state index contributed by atoms with van der Waals surface area (Å²) in [7, 11) is 1.27. The van der Waals surface area contributed by atoms with E-state index in [1.54, 1.807) is 18.2 Å². The normalized spacial score (nSPS) is 14.3. The van der Waals surface area contributed by atoms with Gasteiger partial charge in [0, 0.05) is 18.7 Å². The molecule has 0 aliphatic carbocycles. The molecule has 1 aliphatic heterocycles. The number of anilines is 1. The van der Waals surface area contributed by atoms with Gasteiger partial charge >= 0.3 is 5.97 Å². The van der Waals surface area contributed by atoms with Gasteiger partial charge in [-0.15, -0.1) is 0 Å². The van der Waals surface area contributed by atoms with Crippen molar-refractivity contribution in [1.82, 2.24) is 9.88 Å². The number of β-amino-alcohol motifs (C(OH)–C–C–N with tert-alkyl or cyclic N) is 1. The molecular weight excluding hydrogens is 350 g/mol. The number of hydrogen-bond acceptors (Lipinski definition) is 7. The highest BCUT2D eigenvalue weighted by Gasteiger charge is 2.34. The lowest BCUT2D eigenvalue weighted by atomic mass is 10.2. The maximum absolute atomic E-state index is 12.6. The van der Waals surface area contributed by atoms with E-state index in [-0.39, 0.29) is 36.9 Å². The third-order valence-electron chi connectivity index (χ3n) is 4.40. The Kier molecular flexibility index (Phi) is 5.75. The molecule has 1 aliphatic rings. The fourth-order valence-corrected chi connectivity index (χ4v) is 2.98. The average molecular weight is 373 g/mol. The number of unbranched alkanes of at least 4 members (excludes halogenated alkanes) is 1. The third-order valence-corrected chi connectivity index (χ3v) is 4.40. The van der Waals surface area contributed by atoms with Crippen LogP contribution in [0.15, 0.2) is 33.9 Å². The van der Waals surface area contributed by atoms with Crippen LogP contribution in [0.5, 0.6) is 0 Å². The number of oxazole rings is 1. The molecule has 8 heteroatoms. The van der Waals surface area contributed by atoms with E-state index < -0.39 is 5.97 Å². The largest absolute Gasteiger partial charge is 0.466 e. The zero-order chi connectivity index (χ0) is 19.4. The highest BCUT2D eigenvalue weighted by Crippen LogP contribution is 2.25. The summed E-state index contributed by atoms with van der Waals surface area (Å²) in [6.07, 6.45) is 2.84. The lowest BCUT2D eigenvalue weighted by molar-refractivity contribution is -0.136. The van der Waals surface area contributed by atoms with Gasteiger partial charge in [0.25, 0.3) is 5.91 Å². The Morgan fingerprint density at radius 3 is 2.96 bits per heavy atom. The van der Waals surface area contributed by atoms with Crippen LogP contribution in [0.25, 0.3) is 11.1 Å². The van der Waals surface area contributed by atoms with E-state index in [1.807, 2.05) is 0 Å². The summed E-state index contributed by atoms with van der Waals surface area (Å²) in [4.78, 5) is 30.5. The highest BCUT2D eigenvalue weighted by molar-refractivity contribution is 6.08. The van der Waals surface area contributed by atoms with Crippen molar-refractivity contribution in [2.75, 3.05) is 32.1 Å². The van der Waals surface area contributed by atoms with Crippen LogP contribution in [0.2, 0.25) is 0 Å². The lowest BCUT2D eigenvalue weighted by Gasteiger charge is -2.14. The summed E-state index contributed by atoms with van der Waals surface area (Å²) in [6.45, 7) is 2.17. The Labute approximate surface area is 156 Å². The highest BCUT2D eigenvalue weighted by atomic mass is 16.5. The second kappa shape index (κ2) is 8.22. The number of rotatable bonds is 8. The Morgan fingerprint density at radius 1 is 1.44 bits per heavy atom. The first kappa shape index (κ1) is 18.9. The van der Waals surface area contributed by atoms with E-state index in [0.717, 1.165) is 19.3 Å². The summed E-state index contributed by atoms with van der Waals surface area (Å²) >= 11 is 0. The Hall–Kier alpha value is -2.87. The van der Waals surface area contributed by atoms with E-state index in [2.05, 4.69) is 17.2 Å². The number of ether oxygens (including phenoxy) is 1. The number of aliphatic hydroxyl groups is 1.